The van der Waals surface area contributed by atoms with Gasteiger partial charge in [-0.15, -0.1) is 0 Å². The van der Waals surface area contributed by atoms with E-state index in [4.69, 9.17) is 0 Å². The normalized spacial score (nSPS) is 11.9. The van der Waals surface area contributed by atoms with Crippen molar-refractivity contribution in [3.05, 3.63) is 29.6 Å². The number of aryl methyl sites for hydroxylation is 1. The van der Waals surface area contributed by atoms with Gasteiger partial charge in [0.25, 0.3) is 0 Å². The molecule has 0 aliphatic heterocycles. The van der Waals surface area contributed by atoms with Gasteiger partial charge >= 0.3 is 12.3 Å². The molecular weight excluding hydrogens is 254 g/mol. The van der Waals surface area contributed by atoms with Crippen molar-refractivity contribution in [3.8, 4) is 0 Å². The first-order chi connectivity index (χ1) is 8.33. The van der Waals surface area contributed by atoms with Crippen molar-refractivity contribution in [2.24, 2.45) is 0 Å². The van der Waals surface area contributed by atoms with Crippen molar-refractivity contribution in [2.45, 2.75) is 19.3 Å². The second-order valence-corrected chi connectivity index (χ2v) is 3.67. The molecule has 1 aromatic rings. The summed E-state index contributed by atoms with van der Waals surface area (Å²) in [6.07, 6.45) is -2.54. The molecule has 0 aliphatic carbocycles. The summed E-state index contributed by atoms with van der Waals surface area (Å²) in [4.78, 5) is 15.3. The van der Waals surface area contributed by atoms with Crippen LogP contribution < -0.4 is 0 Å². The van der Waals surface area contributed by atoms with Gasteiger partial charge in [0.05, 0.1) is 0 Å². The minimum atomic E-state index is -4.24. The molecule has 0 amide bonds. The van der Waals surface area contributed by atoms with Gasteiger partial charge in [-0.3, -0.25) is 9.78 Å². The summed E-state index contributed by atoms with van der Waals surface area (Å²) in [5, 5.41) is 0. The van der Waals surface area contributed by atoms with Crippen LogP contribution in [0.5, 0.6) is 0 Å². The summed E-state index contributed by atoms with van der Waals surface area (Å²) in [6.45, 7) is -0.462. The van der Waals surface area contributed by atoms with E-state index in [2.05, 4.69) is 9.72 Å². The number of rotatable bonds is 6. The Balaban J connectivity index is 2.45. The number of nitrogens with zero attached hydrogens (tertiary/aromatic N) is 1. The number of alkyl halides is 4. The smallest absolute Gasteiger partial charge is 0.330 e. The van der Waals surface area contributed by atoms with E-state index in [0.717, 1.165) is 0 Å². The molecule has 0 aromatic carbocycles. The van der Waals surface area contributed by atoms with Crippen molar-refractivity contribution in [1.82, 2.24) is 4.98 Å². The average molecular weight is 265 g/mol. The number of hydrogen-bond donors (Lipinski definition) is 0. The molecule has 1 rings (SSSR count). The van der Waals surface area contributed by atoms with Crippen molar-refractivity contribution in [1.29, 1.82) is 0 Å². The fourth-order valence-electron chi connectivity index (χ4n) is 1.06. The van der Waals surface area contributed by atoms with Gasteiger partial charge in [-0.2, -0.15) is 8.78 Å². The molecule has 1 heterocycles. The number of halogens is 4. The molecule has 18 heavy (non-hydrogen) atoms. The maximum Gasteiger partial charge on any atom is 0.330 e. The lowest BCUT2D eigenvalue weighted by Gasteiger charge is -2.14. The number of pyridine rings is 1. The highest BCUT2D eigenvalue weighted by molar-refractivity contribution is 5.96. The predicted octanol–water partition coefficient (Wildman–Crippen LogP) is 2.49. The highest BCUT2D eigenvalue weighted by Gasteiger charge is 2.41. The van der Waals surface area contributed by atoms with Gasteiger partial charge in [-0.1, -0.05) is 0 Å². The summed E-state index contributed by atoms with van der Waals surface area (Å²) in [7, 11) is 0. The van der Waals surface area contributed by atoms with Gasteiger partial charge < -0.3 is 4.74 Å². The Kier molecular flexibility index (Phi) is 4.77. The van der Waals surface area contributed by atoms with Crippen LogP contribution in [0.2, 0.25) is 0 Å². The van der Waals surface area contributed by atoms with Gasteiger partial charge in [0.2, 0.25) is 0 Å². The summed E-state index contributed by atoms with van der Waals surface area (Å²) in [5.41, 5.74) is 0.873. The van der Waals surface area contributed by atoms with E-state index in [1.807, 2.05) is 0 Å². The van der Waals surface area contributed by atoms with E-state index in [-0.39, 0.29) is 5.56 Å². The Morgan fingerprint density at radius 2 is 2.11 bits per heavy atom. The molecule has 100 valence electrons. The SMILES string of the molecule is Cc1ccc(C(=O)COCC(F)(F)C(F)F)cn1. The largest absolute Gasteiger partial charge is 0.367 e. The van der Waals surface area contributed by atoms with Crippen LogP contribution in [0.4, 0.5) is 17.6 Å². The zero-order valence-corrected chi connectivity index (χ0v) is 9.50. The molecule has 0 aliphatic rings. The summed E-state index contributed by atoms with van der Waals surface area (Å²) >= 11 is 0. The Morgan fingerprint density at radius 1 is 1.44 bits per heavy atom. The maximum atomic E-state index is 12.5. The molecule has 0 unspecified atom stereocenters. The first-order valence-corrected chi connectivity index (χ1v) is 5.02. The quantitative estimate of drug-likeness (QED) is 0.586. The molecule has 0 bridgehead atoms. The minimum Gasteiger partial charge on any atom is -0.367 e. The molecule has 0 N–H and O–H groups in total. The van der Waals surface area contributed by atoms with Crippen LogP contribution in [0.25, 0.3) is 0 Å². The maximum absolute atomic E-state index is 12.5. The zero-order valence-electron chi connectivity index (χ0n) is 9.50. The van der Waals surface area contributed by atoms with Gasteiger partial charge in [-0.25, -0.2) is 8.78 Å². The van der Waals surface area contributed by atoms with Gasteiger partial charge in [-0.05, 0) is 19.1 Å². The predicted molar refractivity (Wildman–Crippen MR) is 55.1 cm³/mol. The van der Waals surface area contributed by atoms with Crippen LogP contribution in [0.3, 0.4) is 0 Å². The first-order valence-electron chi connectivity index (χ1n) is 5.02. The third kappa shape index (κ3) is 4.06. The molecular formula is C11H11F4NO2. The third-order valence-electron chi connectivity index (χ3n) is 2.08. The van der Waals surface area contributed by atoms with Crippen molar-refractivity contribution >= 4 is 5.78 Å². The van der Waals surface area contributed by atoms with E-state index in [0.29, 0.717) is 5.69 Å². The summed E-state index contributed by atoms with van der Waals surface area (Å²) < 4.78 is 52.8. The summed E-state index contributed by atoms with van der Waals surface area (Å²) in [6, 6.07) is 3.03. The van der Waals surface area contributed by atoms with Crippen molar-refractivity contribution in [3.63, 3.8) is 0 Å². The fourth-order valence-corrected chi connectivity index (χ4v) is 1.06. The number of Topliss-reactive ketones (excluding diaryl/α,β-unsaturated/α-hetero) is 1. The Hall–Kier alpha value is -1.50. The van der Waals surface area contributed by atoms with E-state index in [1.165, 1.54) is 12.3 Å². The van der Waals surface area contributed by atoms with Crippen LogP contribution in [0.1, 0.15) is 16.1 Å². The van der Waals surface area contributed by atoms with Crippen molar-refractivity contribution < 1.29 is 27.1 Å². The molecule has 0 saturated carbocycles. The van der Waals surface area contributed by atoms with Crippen LogP contribution >= 0.6 is 0 Å². The molecule has 7 heteroatoms. The Morgan fingerprint density at radius 3 is 2.61 bits per heavy atom. The molecule has 0 fully saturated rings. The number of carbonyl (C=O) groups excluding carboxylic acids is 1. The Bertz CT molecular complexity index is 406. The summed E-state index contributed by atoms with van der Waals surface area (Å²) in [5.74, 6) is -4.83. The number of hydrogen-bond acceptors (Lipinski definition) is 3. The van der Waals surface area contributed by atoms with E-state index in [1.54, 1.807) is 13.0 Å². The third-order valence-corrected chi connectivity index (χ3v) is 2.08. The van der Waals surface area contributed by atoms with Gasteiger partial charge in [0.15, 0.2) is 5.78 Å². The number of ketones is 1. The fraction of sp³-hybridized carbons (Fsp3) is 0.455. The number of ether oxygens (including phenoxy) is 1. The highest BCUT2D eigenvalue weighted by Crippen LogP contribution is 2.22. The minimum absolute atomic E-state index is 0.181. The van der Waals surface area contributed by atoms with Crippen LogP contribution in [-0.4, -0.2) is 36.3 Å². The first kappa shape index (κ1) is 14.6. The van der Waals surface area contributed by atoms with Gasteiger partial charge in [0.1, 0.15) is 13.2 Å². The average Bonchev–Trinajstić information content (AvgIpc) is 2.29. The lowest BCUT2D eigenvalue weighted by atomic mass is 10.2. The number of carbonyl (C=O) groups is 1. The lowest BCUT2D eigenvalue weighted by Crippen LogP contribution is -2.33. The van der Waals surface area contributed by atoms with Gasteiger partial charge in [0, 0.05) is 17.5 Å². The van der Waals surface area contributed by atoms with E-state index >= 15 is 0 Å². The van der Waals surface area contributed by atoms with Crippen molar-refractivity contribution in [2.75, 3.05) is 13.2 Å². The topological polar surface area (TPSA) is 39.2 Å². The molecule has 0 spiro atoms. The standard InChI is InChI=1S/C11H11F4NO2/c1-7-2-3-8(4-16-7)9(17)5-18-6-11(14,15)10(12)13/h2-4,10H,5-6H2,1H3. The molecule has 0 saturated heterocycles. The monoisotopic (exact) mass is 265 g/mol. The van der Waals surface area contributed by atoms with E-state index < -0.39 is 31.3 Å². The highest BCUT2D eigenvalue weighted by atomic mass is 19.3. The second kappa shape index (κ2) is 5.90. The van der Waals surface area contributed by atoms with Crippen LogP contribution in [-0.2, 0) is 4.74 Å². The molecule has 0 atom stereocenters. The Labute approximate surface area is 101 Å². The molecule has 1 aromatic heterocycles. The molecule has 0 radical (unpaired) electrons. The van der Waals surface area contributed by atoms with E-state index in [9.17, 15) is 22.4 Å². The lowest BCUT2D eigenvalue weighted by molar-refractivity contribution is -0.163. The van der Waals surface area contributed by atoms with Crippen LogP contribution in [0, 0.1) is 6.92 Å². The second-order valence-electron chi connectivity index (χ2n) is 3.67. The number of aromatic nitrogens is 1. The zero-order chi connectivity index (χ0) is 13.8. The molecule has 3 nitrogen and oxygen atoms in total. The van der Waals surface area contributed by atoms with Crippen LogP contribution in [0.15, 0.2) is 18.3 Å².